The normalized spacial score (nSPS) is 15.4. The van der Waals surface area contributed by atoms with Gasteiger partial charge >= 0.3 is 0 Å². The Morgan fingerprint density at radius 3 is 1.96 bits per heavy atom. The fourth-order valence-electron chi connectivity index (χ4n) is 3.24. The Balaban J connectivity index is 1.78. The molecular weight excluding hydrogens is 354 g/mol. The maximum atomic E-state index is 13.4. The van der Waals surface area contributed by atoms with Gasteiger partial charge in [-0.1, -0.05) is 48.0 Å². The van der Waals surface area contributed by atoms with Crippen molar-refractivity contribution in [3.05, 3.63) is 106 Å². The third kappa shape index (κ3) is 2.97. The van der Waals surface area contributed by atoms with Crippen molar-refractivity contribution in [2.75, 3.05) is 6.54 Å². The second-order valence-electron chi connectivity index (χ2n) is 6.22. The first kappa shape index (κ1) is 16.7. The van der Waals surface area contributed by atoms with E-state index in [9.17, 15) is 8.78 Å². The van der Waals surface area contributed by atoms with Gasteiger partial charge in [-0.2, -0.15) is 0 Å². The molecule has 0 saturated heterocycles. The van der Waals surface area contributed by atoms with Gasteiger partial charge in [-0.25, -0.2) is 8.78 Å². The summed E-state index contributed by atoms with van der Waals surface area (Å²) >= 11 is 6.10. The van der Waals surface area contributed by atoms with Gasteiger partial charge in [-0.15, -0.1) is 0 Å². The lowest BCUT2D eigenvalue weighted by Gasteiger charge is -2.31. The lowest BCUT2D eigenvalue weighted by Crippen LogP contribution is -2.44. The van der Waals surface area contributed by atoms with Gasteiger partial charge in [0.05, 0.1) is 6.54 Å². The van der Waals surface area contributed by atoms with Crippen LogP contribution in [0.25, 0.3) is 0 Å². The SMILES string of the molecule is Fc1ccc(C2(c3ccc(F)cc3)CN=C(c3cccc(Cl)c3)N2)cc1. The van der Waals surface area contributed by atoms with Crippen LogP contribution in [0.1, 0.15) is 16.7 Å². The monoisotopic (exact) mass is 368 g/mol. The van der Waals surface area contributed by atoms with Crippen molar-refractivity contribution in [2.24, 2.45) is 4.99 Å². The zero-order valence-corrected chi connectivity index (χ0v) is 14.5. The van der Waals surface area contributed by atoms with E-state index in [2.05, 4.69) is 10.3 Å². The van der Waals surface area contributed by atoms with Crippen LogP contribution in [-0.2, 0) is 5.54 Å². The lowest BCUT2D eigenvalue weighted by atomic mass is 9.83. The minimum atomic E-state index is -0.695. The topological polar surface area (TPSA) is 24.4 Å². The Bertz CT molecular complexity index is 921. The van der Waals surface area contributed by atoms with Crippen molar-refractivity contribution in [3.63, 3.8) is 0 Å². The molecule has 0 unspecified atom stereocenters. The van der Waals surface area contributed by atoms with Gasteiger partial charge in [0, 0.05) is 10.6 Å². The van der Waals surface area contributed by atoms with Crippen molar-refractivity contribution in [1.29, 1.82) is 0 Å². The van der Waals surface area contributed by atoms with Gasteiger partial charge < -0.3 is 5.32 Å². The number of nitrogens with zero attached hydrogens (tertiary/aromatic N) is 1. The van der Waals surface area contributed by atoms with Gasteiger partial charge in [-0.3, -0.25) is 4.99 Å². The van der Waals surface area contributed by atoms with E-state index < -0.39 is 5.54 Å². The van der Waals surface area contributed by atoms with Crippen molar-refractivity contribution in [3.8, 4) is 0 Å². The molecule has 0 aliphatic carbocycles. The molecule has 5 heteroatoms. The minimum absolute atomic E-state index is 0.308. The third-order valence-corrected chi connectivity index (χ3v) is 4.81. The molecule has 4 rings (SSSR count). The standard InChI is InChI=1S/C21H15ClF2N2/c22-17-3-1-2-14(12-17)20-25-13-21(26-20,15-4-8-18(23)9-5-15)16-6-10-19(24)11-7-16/h1-12H,13H2,(H,25,26). The predicted molar refractivity (Wildman–Crippen MR) is 99.6 cm³/mol. The van der Waals surface area contributed by atoms with Crippen LogP contribution in [0.15, 0.2) is 77.8 Å². The molecule has 3 aromatic carbocycles. The summed E-state index contributed by atoms with van der Waals surface area (Å²) < 4.78 is 26.9. The van der Waals surface area contributed by atoms with Crippen molar-refractivity contribution < 1.29 is 8.78 Å². The number of hydrogen-bond donors (Lipinski definition) is 1. The summed E-state index contributed by atoms with van der Waals surface area (Å²) in [6, 6.07) is 20.0. The van der Waals surface area contributed by atoms with Crippen LogP contribution < -0.4 is 5.32 Å². The first-order valence-corrected chi connectivity index (χ1v) is 8.55. The highest BCUT2D eigenvalue weighted by molar-refractivity contribution is 6.31. The summed E-state index contributed by atoms with van der Waals surface area (Å²) in [6.45, 7) is 0.409. The van der Waals surface area contributed by atoms with Crippen LogP contribution in [0.5, 0.6) is 0 Å². The van der Waals surface area contributed by atoms with Crippen molar-refractivity contribution in [1.82, 2.24) is 5.32 Å². The van der Waals surface area contributed by atoms with Crippen LogP contribution in [0, 0.1) is 11.6 Å². The fourth-order valence-corrected chi connectivity index (χ4v) is 3.43. The number of aliphatic imine (C=N–C) groups is 1. The van der Waals surface area contributed by atoms with Gasteiger partial charge in [-0.05, 0) is 47.5 Å². The summed E-state index contributed by atoms with van der Waals surface area (Å²) in [5.41, 5.74) is 1.88. The van der Waals surface area contributed by atoms with E-state index in [1.165, 1.54) is 24.3 Å². The fraction of sp³-hybridized carbons (Fsp3) is 0.0952. The highest BCUT2D eigenvalue weighted by atomic mass is 35.5. The summed E-state index contributed by atoms with van der Waals surface area (Å²) in [6.07, 6.45) is 0. The zero-order valence-electron chi connectivity index (χ0n) is 13.7. The summed E-state index contributed by atoms with van der Waals surface area (Å²) in [5.74, 6) is 0.0788. The molecule has 1 aliphatic rings. The molecule has 1 N–H and O–H groups in total. The van der Waals surface area contributed by atoms with Crippen molar-refractivity contribution in [2.45, 2.75) is 5.54 Å². The van der Waals surface area contributed by atoms with E-state index in [1.54, 1.807) is 30.3 Å². The van der Waals surface area contributed by atoms with Gasteiger partial charge in [0.15, 0.2) is 0 Å². The molecule has 0 bridgehead atoms. The lowest BCUT2D eigenvalue weighted by molar-refractivity contribution is 0.520. The Labute approximate surface area is 155 Å². The van der Waals surface area contributed by atoms with Crippen LogP contribution in [0.4, 0.5) is 8.78 Å². The van der Waals surface area contributed by atoms with Crippen LogP contribution >= 0.6 is 11.6 Å². The Kier molecular flexibility index (Phi) is 4.21. The summed E-state index contributed by atoms with van der Waals surface area (Å²) in [4.78, 5) is 4.66. The van der Waals surface area contributed by atoms with Crippen LogP contribution in [0.2, 0.25) is 5.02 Å². The second-order valence-corrected chi connectivity index (χ2v) is 6.66. The van der Waals surface area contributed by atoms with E-state index in [1.807, 2.05) is 18.2 Å². The second kappa shape index (κ2) is 6.54. The molecule has 0 fully saturated rings. The Morgan fingerprint density at radius 1 is 0.846 bits per heavy atom. The molecule has 0 aromatic heterocycles. The highest BCUT2D eigenvalue weighted by Crippen LogP contribution is 2.34. The maximum absolute atomic E-state index is 13.4. The molecule has 0 spiro atoms. The minimum Gasteiger partial charge on any atom is -0.355 e. The molecular formula is C21H15ClF2N2. The average molecular weight is 369 g/mol. The van der Waals surface area contributed by atoms with E-state index >= 15 is 0 Å². The predicted octanol–water partition coefficient (Wildman–Crippen LogP) is 4.91. The number of nitrogens with one attached hydrogen (secondary N) is 1. The maximum Gasteiger partial charge on any atom is 0.129 e. The first-order chi connectivity index (χ1) is 12.6. The van der Waals surface area contributed by atoms with Crippen LogP contribution in [0.3, 0.4) is 0 Å². The molecule has 0 radical (unpaired) electrons. The number of benzene rings is 3. The van der Waals surface area contributed by atoms with Gasteiger partial charge in [0.1, 0.15) is 23.0 Å². The average Bonchev–Trinajstić information content (AvgIpc) is 3.09. The van der Waals surface area contributed by atoms with Crippen molar-refractivity contribution >= 4 is 17.4 Å². The van der Waals surface area contributed by atoms with E-state index in [0.717, 1.165) is 16.7 Å². The molecule has 0 atom stereocenters. The number of amidine groups is 1. The molecule has 0 saturated carbocycles. The molecule has 1 aliphatic heterocycles. The molecule has 0 amide bonds. The Hall–Kier alpha value is -2.72. The smallest absolute Gasteiger partial charge is 0.129 e. The molecule has 1 heterocycles. The molecule has 2 nitrogen and oxygen atoms in total. The van der Waals surface area contributed by atoms with Crippen LogP contribution in [-0.4, -0.2) is 12.4 Å². The zero-order chi connectivity index (χ0) is 18.1. The number of hydrogen-bond acceptors (Lipinski definition) is 2. The van der Waals surface area contributed by atoms with E-state index in [4.69, 9.17) is 11.6 Å². The van der Waals surface area contributed by atoms with Gasteiger partial charge in [0.2, 0.25) is 0 Å². The van der Waals surface area contributed by atoms with E-state index in [-0.39, 0.29) is 11.6 Å². The summed E-state index contributed by atoms with van der Waals surface area (Å²) in [5, 5.41) is 4.08. The number of halogens is 3. The largest absolute Gasteiger partial charge is 0.355 e. The molecule has 130 valence electrons. The highest BCUT2D eigenvalue weighted by Gasteiger charge is 2.39. The number of rotatable bonds is 3. The molecule has 26 heavy (non-hydrogen) atoms. The summed E-state index contributed by atoms with van der Waals surface area (Å²) in [7, 11) is 0. The van der Waals surface area contributed by atoms with Gasteiger partial charge in [0.25, 0.3) is 0 Å². The molecule has 3 aromatic rings. The first-order valence-electron chi connectivity index (χ1n) is 8.17. The Morgan fingerprint density at radius 2 is 1.42 bits per heavy atom. The quantitative estimate of drug-likeness (QED) is 0.697. The third-order valence-electron chi connectivity index (χ3n) is 4.58. The van der Waals surface area contributed by atoms with E-state index in [0.29, 0.717) is 17.4 Å².